The number of benzene rings is 2. The van der Waals surface area contributed by atoms with Crippen molar-refractivity contribution in [2.24, 2.45) is 0 Å². The van der Waals surface area contributed by atoms with Crippen LogP contribution in [0.25, 0.3) is 16.9 Å². The number of hydrogen-bond acceptors (Lipinski definition) is 5. The Hall–Kier alpha value is -2.58. The summed E-state index contributed by atoms with van der Waals surface area (Å²) in [6.07, 6.45) is 0.859. The Bertz CT molecular complexity index is 1100. The minimum absolute atomic E-state index is 0.199. The lowest BCUT2D eigenvalue weighted by Crippen LogP contribution is -2.38. The molecule has 0 saturated carbocycles. The second-order valence-electron chi connectivity index (χ2n) is 7.72. The van der Waals surface area contributed by atoms with Crippen LogP contribution in [0.5, 0.6) is 5.75 Å². The first-order valence-corrected chi connectivity index (χ1v) is 11.6. The number of rotatable bonds is 8. The molecule has 7 nitrogen and oxygen atoms in total. The summed E-state index contributed by atoms with van der Waals surface area (Å²) in [4.78, 5) is 15.4. The number of halogens is 2. The molecule has 2 aromatic carbocycles. The summed E-state index contributed by atoms with van der Waals surface area (Å²) in [6, 6.07) is 14.5. The van der Waals surface area contributed by atoms with Gasteiger partial charge in [-0.05, 0) is 61.5 Å². The number of nitrogens with one attached hydrogen (secondary N) is 1. The second kappa shape index (κ2) is 11.0. The van der Waals surface area contributed by atoms with Crippen LogP contribution in [-0.4, -0.2) is 67.1 Å². The number of amides is 1. The lowest BCUT2D eigenvalue weighted by atomic mass is 10.1. The molecule has 0 atom stereocenters. The Morgan fingerprint density at radius 2 is 1.85 bits per heavy atom. The molecule has 1 amide bonds. The first-order valence-electron chi connectivity index (χ1n) is 10.8. The van der Waals surface area contributed by atoms with Crippen molar-refractivity contribution in [1.82, 2.24) is 20.0 Å². The normalized spacial score (nSPS) is 14.3. The molecular formula is C24H26Cl2N4O3. The molecule has 0 bridgehead atoms. The van der Waals surface area contributed by atoms with E-state index >= 15 is 0 Å². The van der Waals surface area contributed by atoms with Gasteiger partial charge in [-0.1, -0.05) is 23.2 Å². The molecule has 1 N–H and O–H groups in total. The van der Waals surface area contributed by atoms with Crippen LogP contribution >= 0.6 is 23.2 Å². The topological polar surface area (TPSA) is 68.6 Å². The minimum Gasteiger partial charge on any atom is -0.497 e. The van der Waals surface area contributed by atoms with E-state index in [1.807, 2.05) is 24.3 Å². The summed E-state index contributed by atoms with van der Waals surface area (Å²) in [7, 11) is 1.62. The highest BCUT2D eigenvalue weighted by Crippen LogP contribution is 2.28. The zero-order chi connectivity index (χ0) is 23.2. The van der Waals surface area contributed by atoms with Crippen LogP contribution < -0.4 is 10.1 Å². The van der Waals surface area contributed by atoms with Gasteiger partial charge in [0.2, 0.25) is 0 Å². The van der Waals surface area contributed by atoms with Crippen molar-refractivity contribution >= 4 is 29.1 Å². The quantitative estimate of drug-likeness (QED) is 0.478. The molecule has 1 aliphatic heterocycles. The summed E-state index contributed by atoms with van der Waals surface area (Å²) in [5.74, 6) is 0.552. The van der Waals surface area contributed by atoms with Gasteiger partial charge in [-0.15, -0.1) is 0 Å². The highest BCUT2D eigenvalue weighted by molar-refractivity contribution is 6.42. The third-order valence-corrected chi connectivity index (χ3v) is 6.25. The number of ether oxygens (including phenoxy) is 2. The van der Waals surface area contributed by atoms with Gasteiger partial charge in [-0.3, -0.25) is 9.69 Å². The lowest BCUT2D eigenvalue weighted by molar-refractivity contribution is 0.0374. The highest BCUT2D eigenvalue weighted by Gasteiger charge is 2.18. The van der Waals surface area contributed by atoms with Crippen LogP contribution in [0.15, 0.2) is 48.5 Å². The van der Waals surface area contributed by atoms with Gasteiger partial charge < -0.3 is 14.8 Å². The molecular weight excluding hydrogens is 463 g/mol. The average molecular weight is 489 g/mol. The maximum absolute atomic E-state index is 13.1. The Labute approximate surface area is 203 Å². The van der Waals surface area contributed by atoms with Crippen LogP contribution in [-0.2, 0) is 4.74 Å². The summed E-state index contributed by atoms with van der Waals surface area (Å²) in [5.41, 5.74) is 2.62. The van der Waals surface area contributed by atoms with Crippen molar-refractivity contribution in [2.45, 2.75) is 6.42 Å². The number of hydrogen-bond donors (Lipinski definition) is 1. The van der Waals surface area contributed by atoms with Crippen molar-refractivity contribution in [1.29, 1.82) is 0 Å². The van der Waals surface area contributed by atoms with Crippen molar-refractivity contribution in [3.05, 3.63) is 64.3 Å². The predicted molar refractivity (Wildman–Crippen MR) is 130 cm³/mol. The molecule has 9 heteroatoms. The van der Waals surface area contributed by atoms with Gasteiger partial charge in [-0.2, -0.15) is 5.10 Å². The third kappa shape index (κ3) is 5.86. The molecule has 174 valence electrons. The maximum Gasteiger partial charge on any atom is 0.270 e. The number of nitrogens with zero attached hydrogens (tertiary/aromatic N) is 3. The Morgan fingerprint density at radius 3 is 2.55 bits per heavy atom. The first kappa shape index (κ1) is 23.6. The lowest BCUT2D eigenvalue weighted by Gasteiger charge is -2.26. The fourth-order valence-corrected chi connectivity index (χ4v) is 3.97. The van der Waals surface area contributed by atoms with E-state index in [2.05, 4.69) is 10.2 Å². The Kier molecular flexibility index (Phi) is 7.88. The van der Waals surface area contributed by atoms with E-state index in [1.165, 1.54) is 0 Å². The van der Waals surface area contributed by atoms with E-state index in [0.29, 0.717) is 33.7 Å². The van der Waals surface area contributed by atoms with E-state index < -0.39 is 0 Å². The van der Waals surface area contributed by atoms with E-state index in [-0.39, 0.29) is 5.91 Å². The zero-order valence-electron chi connectivity index (χ0n) is 18.4. The van der Waals surface area contributed by atoms with Crippen LogP contribution in [0.1, 0.15) is 16.9 Å². The third-order valence-electron chi connectivity index (χ3n) is 5.52. The van der Waals surface area contributed by atoms with Crippen LogP contribution in [0.2, 0.25) is 10.0 Å². The van der Waals surface area contributed by atoms with Crippen LogP contribution in [0.3, 0.4) is 0 Å². The van der Waals surface area contributed by atoms with Crippen molar-refractivity contribution < 1.29 is 14.3 Å². The summed E-state index contributed by atoms with van der Waals surface area (Å²) in [6.45, 7) is 4.90. The fourth-order valence-electron chi connectivity index (χ4n) is 3.68. The summed E-state index contributed by atoms with van der Waals surface area (Å²) < 4.78 is 12.2. The minimum atomic E-state index is -0.199. The van der Waals surface area contributed by atoms with Gasteiger partial charge in [0.05, 0.1) is 41.8 Å². The number of methoxy groups -OCH3 is 1. The van der Waals surface area contributed by atoms with Crippen molar-refractivity contribution in [3.63, 3.8) is 0 Å². The molecule has 0 radical (unpaired) electrons. The van der Waals surface area contributed by atoms with Gasteiger partial charge in [0.25, 0.3) is 5.91 Å². The summed E-state index contributed by atoms with van der Waals surface area (Å²) >= 11 is 12.3. The molecule has 0 spiro atoms. The maximum atomic E-state index is 13.1. The molecule has 1 saturated heterocycles. The molecule has 0 unspecified atom stereocenters. The molecule has 1 aliphatic rings. The monoisotopic (exact) mass is 488 g/mol. The number of carbonyl (C=O) groups is 1. The van der Waals surface area contributed by atoms with E-state index in [1.54, 1.807) is 36.1 Å². The highest BCUT2D eigenvalue weighted by atomic mass is 35.5. The number of aromatic nitrogens is 2. The molecule has 33 heavy (non-hydrogen) atoms. The average Bonchev–Trinajstić information content (AvgIpc) is 3.30. The molecule has 4 rings (SSSR count). The molecule has 3 aromatic rings. The summed E-state index contributed by atoms with van der Waals surface area (Å²) in [5, 5.41) is 8.55. The van der Waals surface area contributed by atoms with Crippen LogP contribution in [0.4, 0.5) is 0 Å². The fraction of sp³-hybridized carbons (Fsp3) is 0.333. The van der Waals surface area contributed by atoms with Gasteiger partial charge in [-0.25, -0.2) is 4.68 Å². The van der Waals surface area contributed by atoms with E-state index in [4.69, 9.17) is 37.8 Å². The second-order valence-corrected chi connectivity index (χ2v) is 8.53. The Morgan fingerprint density at radius 1 is 1.09 bits per heavy atom. The SMILES string of the molecule is COc1ccc(-c2cc(C(=O)NCCCN3CCOCC3)n(-c3ccc(Cl)c(Cl)c3)n2)cc1. The predicted octanol–water partition coefficient (Wildman–Crippen LogP) is 4.31. The van der Waals surface area contributed by atoms with E-state index in [9.17, 15) is 4.79 Å². The van der Waals surface area contributed by atoms with Crippen molar-refractivity contribution in [2.75, 3.05) is 46.5 Å². The smallest absolute Gasteiger partial charge is 0.270 e. The molecule has 1 aromatic heterocycles. The number of carbonyl (C=O) groups excluding carboxylic acids is 1. The van der Waals surface area contributed by atoms with Gasteiger partial charge >= 0.3 is 0 Å². The van der Waals surface area contributed by atoms with Gasteiger partial charge in [0.1, 0.15) is 11.4 Å². The van der Waals surface area contributed by atoms with Crippen LogP contribution in [0, 0.1) is 0 Å². The molecule has 2 heterocycles. The van der Waals surface area contributed by atoms with Gasteiger partial charge in [0.15, 0.2) is 0 Å². The largest absolute Gasteiger partial charge is 0.497 e. The Balaban J connectivity index is 1.54. The zero-order valence-corrected chi connectivity index (χ0v) is 19.9. The van der Waals surface area contributed by atoms with E-state index in [0.717, 1.165) is 50.6 Å². The first-order chi connectivity index (χ1) is 16.0. The number of morpholine rings is 1. The van der Waals surface area contributed by atoms with Gasteiger partial charge in [0, 0.05) is 25.2 Å². The van der Waals surface area contributed by atoms with Crippen molar-refractivity contribution in [3.8, 4) is 22.7 Å². The molecule has 0 aliphatic carbocycles. The standard InChI is InChI=1S/C24H26Cl2N4O3/c1-32-19-6-3-17(4-7-19)22-16-23(30(28-22)18-5-8-20(25)21(26)15-18)24(31)27-9-2-10-29-11-13-33-14-12-29/h3-8,15-16H,2,9-14H2,1H3,(H,27,31). The molecule has 1 fully saturated rings.